The Balaban J connectivity index is 0.000000107. The molecule has 0 N–H and O–H groups in total. The topological polar surface area (TPSA) is 92.1 Å². The van der Waals surface area contributed by atoms with Crippen molar-refractivity contribution < 1.29 is 0 Å². The molecule has 0 radical (unpaired) electrons. The first-order chi connectivity index (χ1) is 71.0. The molecule has 0 saturated carbocycles. The van der Waals surface area contributed by atoms with Gasteiger partial charge in [-0.15, -0.1) is 0 Å². The molecule has 0 fully saturated rings. The van der Waals surface area contributed by atoms with Crippen molar-refractivity contribution >= 4 is 152 Å². The highest BCUT2D eigenvalue weighted by atomic mass is 15.1. The quantitative estimate of drug-likeness (QED) is 0.113. The Hall–Kier alpha value is -19.2. The van der Waals surface area contributed by atoms with E-state index in [0.717, 1.165) is 117 Å². The van der Waals surface area contributed by atoms with E-state index in [1.54, 1.807) is 0 Å². The maximum Gasteiger partial charge on any atom is 0.137 e. The van der Waals surface area contributed by atoms with E-state index in [0.29, 0.717) is 0 Å². The molecule has 0 saturated heterocycles. The van der Waals surface area contributed by atoms with Crippen LogP contribution >= 0.6 is 0 Å². The number of para-hydroxylation sites is 3. The molecule has 143 heavy (non-hydrogen) atoms. The van der Waals surface area contributed by atoms with Crippen LogP contribution in [-0.2, 0) is 0 Å². The molecule has 29 aromatic rings. The van der Waals surface area contributed by atoms with Crippen molar-refractivity contribution in [3.63, 3.8) is 0 Å². The Morgan fingerprint density at radius 2 is 0.510 bits per heavy atom. The molecule has 9 nitrogen and oxygen atoms in total. The fourth-order valence-corrected chi connectivity index (χ4v) is 22.3. The zero-order chi connectivity index (χ0) is 94.4. The summed E-state index contributed by atoms with van der Waals surface area (Å²) in [6.07, 6.45) is 13.5. The van der Waals surface area contributed by atoms with Gasteiger partial charge in [0.15, 0.2) is 0 Å². The molecular weight excluding hydrogens is 1740 g/mol. The molecule has 9 aromatic heterocycles. The summed E-state index contributed by atoms with van der Waals surface area (Å²) >= 11 is 0. The van der Waals surface area contributed by atoms with Gasteiger partial charge >= 0.3 is 0 Å². The Morgan fingerprint density at radius 3 is 1.03 bits per heavy atom. The standard InChI is InChI=1S/2C46H29N3.C42H27N3/c1-2-12-31-27-34(23-22-30(31)11-1)45-38-17-5-3-15-36(38)44(37-16-4-6-18-39(37)45)33-14-9-13-32(28-33)35-24-25-43(48-29-35)49-41-20-8-7-19-40(41)46-42(49)21-10-26-47-46;1-2-11-32-26-33(20-19-30(32)10-1)44-37-12-3-5-14-39(37)45(40-15-6-4-13-38(40)44)35-27-34(28-47-29-35)31-21-23-36(24-22-31)49-42-17-8-7-16-41(42)46-43(49)18-9-25-48-46;1-2-11-29(12-3-1)41-33-14-4-6-16-35(33)42(36-17-7-5-15-34(36)41)38-19-10-18-37(44-38)28-21-23-30(24-22-28)45-39-20-9-8-13-31(39)32-25-26-43-27-40(32)45/h2*1-29H;1-27H. The second-order valence-corrected chi connectivity index (χ2v) is 36.7. The van der Waals surface area contributed by atoms with Crippen LogP contribution in [0.3, 0.4) is 0 Å². The summed E-state index contributed by atoms with van der Waals surface area (Å²) in [7, 11) is 0. The van der Waals surface area contributed by atoms with Crippen molar-refractivity contribution in [3.05, 3.63) is 517 Å². The summed E-state index contributed by atoms with van der Waals surface area (Å²) < 4.78 is 6.79. The van der Waals surface area contributed by atoms with Crippen LogP contribution in [0.2, 0.25) is 0 Å². The minimum atomic E-state index is 0.875. The lowest BCUT2D eigenvalue weighted by Crippen LogP contribution is -1.97. The van der Waals surface area contributed by atoms with E-state index in [1.165, 1.54) is 153 Å². The Labute approximate surface area is 823 Å². The molecule has 29 rings (SSSR count). The van der Waals surface area contributed by atoms with Crippen LogP contribution in [0.15, 0.2) is 517 Å². The van der Waals surface area contributed by atoms with Crippen LogP contribution in [0.1, 0.15) is 0 Å². The van der Waals surface area contributed by atoms with E-state index in [4.69, 9.17) is 19.9 Å². The van der Waals surface area contributed by atoms with E-state index in [1.807, 2.05) is 55.5 Å². The lowest BCUT2D eigenvalue weighted by Gasteiger charge is -2.18. The molecule has 0 unspecified atom stereocenters. The second kappa shape index (κ2) is 35.1. The third-order valence-corrected chi connectivity index (χ3v) is 28.6. The maximum atomic E-state index is 5.29. The van der Waals surface area contributed by atoms with E-state index < -0.39 is 0 Å². The highest BCUT2D eigenvalue weighted by Crippen LogP contribution is 2.50. The SMILES string of the molecule is c1cc(-c2ccc(-n3c4ccccc4c4ncccc43)nc2)cc(-c2c3ccccc3c(-c3ccc4ccccc4c3)c3ccccc23)c1.c1ccc(-c2c3ccccc3c(-c3cccc(-c4ccc(-n5c6ccccc6c6ccncc65)cc4)n3)c3ccccc23)cc1.c1ccc2cc(-c3c4ccccc4c(-c4cncc(-c5ccc(-n6c7ccccc7c7ncccc76)cc5)c4)c4ccccc34)ccc2c1. The van der Waals surface area contributed by atoms with Gasteiger partial charge in [0.25, 0.3) is 0 Å². The van der Waals surface area contributed by atoms with Gasteiger partial charge in [0, 0.05) is 97.9 Å². The zero-order valence-electron chi connectivity index (χ0n) is 77.6. The van der Waals surface area contributed by atoms with Crippen LogP contribution in [0, 0.1) is 0 Å². The predicted molar refractivity (Wildman–Crippen MR) is 598 cm³/mol. The highest BCUT2D eigenvalue weighted by molar-refractivity contribution is 6.25. The third-order valence-electron chi connectivity index (χ3n) is 28.6. The summed E-state index contributed by atoms with van der Waals surface area (Å²) in [4.78, 5) is 28.9. The van der Waals surface area contributed by atoms with Crippen molar-refractivity contribution in [2.75, 3.05) is 0 Å². The summed E-state index contributed by atoms with van der Waals surface area (Å²) in [5.74, 6) is 0.875. The van der Waals surface area contributed by atoms with E-state index in [-0.39, 0.29) is 0 Å². The van der Waals surface area contributed by atoms with Crippen molar-refractivity contribution in [1.82, 2.24) is 43.6 Å². The number of benzene rings is 20. The van der Waals surface area contributed by atoms with Crippen LogP contribution < -0.4 is 0 Å². The molecule has 0 bridgehead atoms. The van der Waals surface area contributed by atoms with Crippen molar-refractivity contribution in [3.8, 4) is 118 Å². The first-order valence-corrected chi connectivity index (χ1v) is 48.6. The van der Waals surface area contributed by atoms with Crippen LogP contribution in [-0.4, -0.2) is 43.6 Å². The second-order valence-electron chi connectivity index (χ2n) is 36.7. The van der Waals surface area contributed by atoms with Gasteiger partial charge in [-0.1, -0.05) is 352 Å². The number of pyridine rings is 6. The molecule has 0 aliphatic carbocycles. The molecule has 9 heteroatoms. The number of aromatic nitrogens is 9. The minimum Gasteiger partial charge on any atom is -0.308 e. The lowest BCUT2D eigenvalue weighted by atomic mass is 9.85. The van der Waals surface area contributed by atoms with Crippen molar-refractivity contribution in [1.29, 1.82) is 0 Å². The van der Waals surface area contributed by atoms with Crippen molar-refractivity contribution in [2.24, 2.45) is 0 Å². The van der Waals surface area contributed by atoms with Crippen molar-refractivity contribution in [2.45, 2.75) is 0 Å². The Bertz CT molecular complexity index is 9390. The van der Waals surface area contributed by atoms with Gasteiger partial charge in [0.1, 0.15) is 5.82 Å². The Kier molecular flexibility index (Phi) is 20.4. The van der Waals surface area contributed by atoms with Gasteiger partial charge in [-0.2, -0.15) is 0 Å². The number of hydrogen-bond acceptors (Lipinski definition) is 6. The monoisotopic (exact) mass is 1820 g/mol. The third kappa shape index (κ3) is 14.4. The van der Waals surface area contributed by atoms with Crippen LogP contribution in [0.4, 0.5) is 0 Å². The molecule has 0 aliphatic heterocycles. The number of fused-ring (bicyclic) bond motifs is 17. The first kappa shape index (κ1) is 83.2. The largest absolute Gasteiger partial charge is 0.308 e. The lowest BCUT2D eigenvalue weighted by molar-refractivity contribution is 1.08. The number of nitrogens with zero attached hydrogens (tertiary/aromatic N) is 9. The fourth-order valence-electron chi connectivity index (χ4n) is 22.3. The van der Waals surface area contributed by atoms with Gasteiger partial charge in [0.05, 0.1) is 61.7 Å². The van der Waals surface area contributed by atoms with Crippen LogP contribution in [0.25, 0.3) is 269 Å². The molecule has 0 spiro atoms. The van der Waals surface area contributed by atoms with Gasteiger partial charge < -0.3 is 9.13 Å². The molecule has 9 heterocycles. The minimum absolute atomic E-state index is 0.875. The van der Waals surface area contributed by atoms with Gasteiger partial charge in [-0.25, -0.2) is 9.97 Å². The van der Waals surface area contributed by atoms with E-state index in [2.05, 4.69) is 485 Å². The van der Waals surface area contributed by atoms with Gasteiger partial charge in [-0.3, -0.25) is 24.5 Å². The normalized spacial score (nSPS) is 11.6. The van der Waals surface area contributed by atoms with E-state index >= 15 is 0 Å². The van der Waals surface area contributed by atoms with Crippen LogP contribution in [0.5, 0.6) is 0 Å². The molecule has 0 atom stereocenters. The molecular formula is C134H85N9. The number of rotatable bonds is 12. The molecule has 0 amide bonds. The zero-order valence-corrected chi connectivity index (χ0v) is 77.6. The predicted octanol–water partition coefficient (Wildman–Crippen LogP) is 34.9. The molecule has 20 aromatic carbocycles. The smallest absolute Gasteiger partial charge is 0.137 e. The molecule has 666 valence electrons. The highest BCUT2D eigenvalue weighted by Gasteiger charge is 2.25. The average molecular weight is 1820 g/mol. The summed E-state index contributed by atoms with van der Waals surface area (Å²) in [5.41, 5.74) is 31.7. The fraction of sp³-hybridized carbons (Fsp3) is 0. The number of hydrogen-bond donors (Lipinski definition) is 0. The Morgan fingerprint density at radius 1 is 0.154 bits per heavy atom. The van der Waals surface area contributed by atoms with Gasteiger partial charge in [-0.05, 0) is 269 Å². The first-order valence-electron chi connectivity index (χ1n) is 48.6. The molecule has 0 aliphatic rings. The summed E-state index contributed by atoms with van der Waals surface area (Å²) in [6.45, 7) is 0. The van der Waals surface area contributed by atoms with Gasteiger partial charge in [0.2, 0.25) is 0 Å². The average Bonchev–Trinajstić information content (AvgIpc) is 1.65. The summed E-state index contributed by atoms with van der Waals surface area (Å²) in [6, 6.07) is 169. The maximum absolute atomic E-state index is 5.29. The summed E-state index contributed by atoms with van der Waals surface area (Å²) in [5, 5.41) is 24.5. The van der Waals surface area contributed by atoms with E-state index in [9.17, 15) is 0 Å².